The van der Waals surface area contributed by atoms with E-state index in [0.29, 0.717) is 22.0 Å². The van der Waals surface area contributed by atoms with Crippen LogP contribution in [-0.4, -0.2) is 20.8 Å². The van der Waals surface area contributed by atoms with Crippen LogP contribution in [-0.2, 0) is 0 Å². The summed E-state index contributed by atoms with van der Waals surface area (Å²) in [6, 6.07) is 17.2. The Morgan fingerprint density at radius 1 is 1.14 bits per heavy atom. The maximum Gasteiger partial charge on any atom is 0.270 e. The van der Waals surface area contributed by atoms with Gasteiger partial charge in [-0.05, 0) is 35.2 Å². The molecule has 0 unspecified atom stereocenters. The third kappa shape index (κ3) is 3.67. The number of fused-ring (bicyclic) bond motifs is 1. The zero-order valence-electron chi connectivity index (χ0n) is 14.5. The molecule has 0 aliphatic heterocycles. The molecule has 0 spiro atoms. The molecule has 1 amide bonds. The lowest BCUT2D eigenvalue weighted by Gasteiger charge is -2.07. The molecule has 0 bridgehead atoms. The molecule has 2 aromatic carbocycles. The van der Waals surface area contributed by atoms with Gasteiger partial charge in [0.25, 0.3) is 11.6 Å². The number of aromatic nitrogens is 2. The lowest BCUT2D eigenvalue weighted by molar-refractivity contribution is -0.384. The first-order valence-electron chi connectivity index (χ1n) is 8.36. The molecule has 0 saturated heterocycles. The molecule has 0 atom stereocenters. The Balaban J connectivity index is 1.77. The van der Waals surface area contributed by atoms with Gasteiger partial charge in [-0.3, -0.25) is 14.9 Å². The summed E-state index contributed by atoms with van der Waals surface area (Å²) in [5.41, 5.74) is 2.56. The van der Waals surface area contributed by atoms with E-state index in [9.17, 15) is 14.9 Å². The largest absolute Gasteiger partial charge is 0.337 e. The number of benzene rings is 2. The van der Waals surface area contributed by atoms with E-state index in [1.807, 2.05) is 29.6 Å². The summed E-state index contributed by atoms with van der Waals surface area (Å²) in [5.74, 6) is 0.199. The van der Waals surface area contributed by atoms with Gasteiger partial charge < -0.3 is 10.3 Å². The lowest BCUT2D eigenvalue weighted by atomic mass is 10.1. The summed E-state index contributed by atoms with van der Waals surface area (Å²) in [4.78, 5) is 31.4. The highest BCUT2D eigenvalue weighted by atomic mass is 32.1. The second kappa shape index (κ2) is 7.45. The predicted molar refractivity (Wildman–Crippen MR) is 109 cm³/mol. The van der Waals surface area contributed by atoms with Crippen LogP contribution in [0.15, 0.2) is 66.0 Å². The highest BCUT2D eigenvalue weighted by molar-refractivity contribution is 7.12. The van der Waals surface area contributed by atoms with Gasteiger partial charge >= 0.3 is 0 Å². The van der Waals surface area contributed by atoms with Gasteiger partial charge in [0.15, 0.2) is 5.82 Å². The van der Waals surface area contributed by atoms with Crippen LogP contribution in [0.5, 0.6) is 0 Å². The van der Waals surface area contributed by atoms with Gasteiger partial charge in [-0.2, -0.15) is 0 Å². The Labute approximate surface area is 163 Å². The zero-order chi connectivity index (χ0) is 19.5. The number of non-ortho nitro benzene ring substituents is 1. The minimum absolute atomic E-state index is 0.0257. The number of carbonyl (C=O) groups excluding carboxylic acids is 1. The third-order valence-corrected chi connectivity index (χ3v) is 4.90. The minimum atomic E-state index is -0.456. The number of nitro benzene ring substituents is 1. The monoisotopic (exact) mass is 390 g/mol. The zero-order valence-corrected chi connectivity index (χ0v) is 15.3. The molecule has 0 aliphatic carbocycles. The fourth-order valence-electron chi connectivity index (χ4n) is 2.73. The Kier molecular flexibility index (Phi) is 4.69. The van der Waals surface area contributed by atoms with Crippen molar-refractivity contribution in [1.29, 1.82) is 0 Å². The van der Waals surface area contributed by atoms with Crippen LogP contribution in [0.3, 0.4) is 0 Å². The molecule has 7 nitrogen and oxygen atoms in total. The number of H-pyrrole nitrogens is 1. The fourth-order valence-corrected chi connectivity index (χ4v) is 3.35. The number of thiophene rings is 1. The second-order valence-electron chi connectivity index (χ2n) is 5.94. The molecule has 138 valence electrons. The van der Waals surface area contributed by atoms with Crippen LogP contribution in [0, 0.1) is 10.1 Å². The molecular weight excluding hydrogens is 376 g/mol. The van der Waals surface area contributed by atoms with E-state index in [-0.39, 0.29) is 11.6 Å². The first kappa shape index (κ1) is 17.6. The Morgan fingerprint density at radius 2 is 2.00 bits per heavy atom. The quantitative estimate of drug-likeness (QED) is 0.388. The molecule has 2 heterocycles. The summed E-state index contributed by atoms with van der Waals surface area (Å²) < 4.78 is 0. The van der Waals surface area contributed by atoms with Gasteiger partial charge in [-0.1, -0.05) is 30.3 Å². The van der Waals surface area contributed by atoms with Crippen molar-refractivity contribution in [2.24, 2.45) is 0 Å². The van der Waals surface area contributed by atoms with Crippen molar-refractivity contribution in [1.82, 2.24) is 15.3 Å². The average Bonchev–Trinajstić information content (AvgIpc) is 3.37. The van der Waals surface area contributed by atoms with E-state index >= 15 is 0 Å². The van der Waals surface area contributed by atoms with Crippen LogP contribution in [0.2, 0.25) is 0 Å². The maximum absolute atomic E-state index is 12.6. The SMILES string of the molecule is O=C(N/C(=C\c1cccc([N+](=O)[O-])c1)c1nc2ccccc2[nH]1)c1cccs1. The molecule has 4 aromatic rings. The number of aromatic amines is 1. The molecule has 4 rings (SSSR count). The smallest absolute Gasteiger partial charge is 0.270 e. The Hall–Kier alpha value is -3.78. The van der Waals surface area contributed by atoms with Gasteiger partial charge in [0.05, 0.1) is 26.5 Å². The van der Waals surface area contributed by atoms with Gasteiger partial charge in [0.2, 0.25) is 0 Å². The number of hydrogen-bond donors (Lipinski definition) is 2. The molecule has 2 aromatic heterocycles. The van der Waals surface area contributed by atoms with E-state index in [1.165, 1.54) is 23.5 Å². The van der Waals surface area contributed by atoms with Crippen LogP contribution in [0.1, 0.15) is 21.1 Å². The van der Waals surface area contributed by atoms with E-state index in [1.54, 1.807) is 30.3 Å². The normalized spacial score (nSPS) is 11.5. The number of nitrogens with one attached hydrogen (secondary N) is 2. The van der Waals surface area contributed by atoms with E-state index < -0.39 is 4.92 Å². The van der Waals surface area contributed by atoms with E-state index in [4.69, 9.17) is 0 Å². The van der Waals surface area contributed by atoms with Crippen molar-refractivity contribution < 1.29 is 9.72 Å². The van der Waals surface area contributed by atoms with Crippen molar-refractivity contribution in [3.8, 4) is 0 Å². The van der Waals surface area contributed by atoms with Gasteiger partial charge in [-0.15, -0.1) is 11.3 Å². The molecule has 0 radical (unpaired) electrons. The van der Waals surface area contributed by atoms with Gasteiger partial charge in [0, 0.05) is 12.1 Å². The summed E-state index contributed by atoms with van der Waals surface area (Å²) >= 11 is 1.33. The van der Waals surface area contributed by atoms with Crippen LogP contribution < -0.4 is 5.32 Å². The molecule has 28 heavy (non-hydrogen) atoms. The van der Waals surface area contributed by atoms with Crippen molar-refractivity contribution in [2.75, 3.05) is 0 Å². The summed E-state index contributed by atoms with van der Waals surface area (Å²) in [6.07, 6.45) is 1.66. The Bertz CT molecular complexity index is 1160. The summed E-state index contributed by atoms with van der Waals surface area (Å²) in [6.45, 7) is 0. The Morgan fingerprint density at radius 3 is 2.75 bits per heavy atom. The summed E-state index contributed by atoms with van der Waals surface area (Å²) in [7, 11) is 0. The number of amides is 1. The number of rotatable bonds is 5. The molecule has 2 N–H and O–H groups in total. The van der Waals surface area contributed by atoms with Gasteiger partial charge in [0.1, 0.15) is 0 Å². The van der Waals surface area contributed by atoms with Crippen molar-refractivity contribution in [3.05, 3.63) is 92.4 Å². The standard InChI is InChI=1S/C20H14N4O3S/c25-20(18-9-4-10-28-18)23-17(12-13-5-3-6-14(11-13)24(26)27)19-21-15-7-1-2-8-16(15)22-19/h1-12H,(H,21,22)(H,23,25)/b17-12-. The van der Waals surface area contributed by atoms with Crippen LogP contribution >= 0.6 is 11.3 Å². The topological polar surface area (TPSA) is 101 Å². The summed E-state index contributed by atoms with van der Waals surface area (Å²) in [5, 5.41) is 15.7. The van der Waals surface area contributed by atoms with Crippen LogP contribution in [0.25, 0.3) is 22.8 Å². The number of carbonyl (C=O) groups is 1. The van der Waals surface area contributed by atoms with E-state index in [2.05, 4.69) is 15.3 Å². The van der Waals surface area contributed by atoms with Crippen molar-refractivity contribution in [2.45, 2.75) is 0 Å². The molecule has 0 saturated carbocycles. The van der Waals surface area contributed by atoms with Crippen LogP contribution in [0.4, 0.5) is 5.69 Å². The highest BCUT2D eigenvalue weighted by Crippen LogP contribution is 2.21. The first-order chi connectivity index (χ1) is 13.6. The van der Waals surface area contributed by atoms with Gasteiger partial charge in [-0.25, -0.2) is 4.98 Å². The number of imidazole rings is 1. The molecule has 8 heteroatoms. The second-order valence-corrected chi connectivity index (χ2v) is 6.89. The maximum atomic E-state index is 12.6. The highest BCUT2D eigenvalue weighted by Gasteiger charge is 2.14. The number of para-hydroxylation sites is 2. The number of hydrogen-bond acceptors (Lipinski definition) is 5. The third-order valence-electron chi connectivity index (χ3n) is 4.03. The number of nitrogens with zero attached hydrogens (tertiary/aromatic N) is 2. The minimum Gasteiger partial charge on any atom is -0.337 e. The van der Waals surface area contributed by atoms with Crippen molar-refractivity contribution in [3.63, 3.8) is 0 Å². The van der Waals surface area contributed by atoms with Crippen molar-refractivity contribution >= 4 is 45.7 Å². The molecular formula is C20H14N4O3S. The lowest BCUT2D eigenvalue weighted by Crippen LogP contribution is -2.21. The fraction of sp³-hybridized carbons (Fsp3) is 0. The average molecular weight is 390 g/mol. The van der Waals surface area contributed by atoms with E-state index in [0.717, 1.165) is 11.0 Å². The predicted octanol–water partition coefficient (Wildman–Crippen LogP) is 4.46. The molecule has 0 fully saturated rings. The molecule has 0 aliphatic rings. The number of nitro groups is 1. The first-order valence-corrected chi connectivity index (χ1v) is 9.24.